The Morgan fingerprint density at radius 2 is 1.97 bits per heavy atom. The van der Waals surface area contributed by atoms with Crippen LogP contribution in [0.4, 0.5) is 0 Å². The normalized spacial score (nSPS) is 20.3. The van der Waals surface area contributed by atoms with E-state index in [4.69, 9.17) is 14.6 Å². The number of nitrogens with zero attached hydrogens (tertiary/aromatic N) is 1. The summed E-state index contributed by atoms with van der Waals surface area (Å²) in [5, 5.41) is 12.1. The Hall–Kier alpha value is -3.16. The van der Waals surface area contributed by atoms with Crippen molar-refractivity contribution in [2.75, 3.05) is 32.8 Å². The van der Waals surface area contributed by atoms with Gasteiger partial charge >= 0.3 is 0 Å². The molecule has 2 aromatic rings. The zero-order valence-electron chi connectivity index (χ0n) is 21.3. The van der Waals surface area contributed by atoms with Crippen molar-refractivity contribution in [3.8, 4) is 11.1 Å². The molecule has 196 valence electrons. The highest BCUT2D eigenvalue weighted by Crippen LogP contribution is 2.42. The third kappa shape index (κ3) is 5.89. The molecule has 1 saturated heterocycles. The molecule has 0 saturated carbocycles. The number of allylic oxidation sites excluding steroid dienone is 1. The average Bonchev–Trinajstić information content (AvgIpc) is 3.51. The Bertz CT molecular complexity index is 1160. The molecule has 2 aromatic carbocycles. The molecule has 5 rings (SSSR count). The molecule has 2 atom stereocenters. The first kappa shape index (κ1) is 25.5. The van der Waals surface area contributed by atoms with Crippen LogP contribution in [0.3, 0.4) is 0 Å². The summed E-state index contributed by atoms with van der Waals surface area (Å²) in [5.74, 6) is 0.223. The average molecular weight is 505 g/mol. The minimum Gasteiger partial charge on any atom is -0.459 e. The fourth-order valence-corrected chi connectivity index (χ4v) is 5.59. The van der Waals surface area contributed by atoms with Gasteiger partial charge in [-0.05, 0) is 66.0 Å². The molecule has 7 nitrogen and oxygen atoms in total. The van der Waals surface area contributed by atoms with Gasteiger partial charge in [-0.15, -0.1) is 0 Å². The number of benzene rings is 2. The van der Waals surface area contributed by atoms with Crippen molar-refractivity contribution in [3.05, 3.63) is 71.0 Å². The van der Waals surface area contributed by atoms with Gasteiger partial charge in [-0.1, -0.05) is 42.5 Å². The number of aliphatic hydroxyl groups is 1. The number of nitrogens with one attached hydrogen (secondary N) is 1. The second-order valence-corrected chi connectivity index (χ2v) is 10.0. The number of aliphatic hydroxyl groups excluding tert-OH is 1. The first-order valence-corrected chi connectivity index (χ1v) is 13.5. The van der Waals surface area contributed by atoms with Crippen LogP contribution in [0.1, 0.15) is 61.1 Å². The van der Waals surface area contributed by atoms with Gasteiger partial charge in [-0.2, -0.15) is 0 Å². The summed E-state index contributed by atoms with van der Waals surface area (Å²) < 4.78 is 12.0. The van der Waals surface area contributed by atoms with Gasteiger partial charge in [-0.25, -0.2) is 0 Å². The lowest BCUT2D eigenvalue weighted by atomic mass is 9.87. The van der Waals surface area contributed by atoms with Gasteiger partial charge in [0.25, 0.3) is 5.91 Å². The topological polar surface area (TPSA) is 88.1 Å². The van der Waals surface area contributed by atoms with Crippen LogP contribution in [-0.2, 0) is 25.5 Å². The number of carbonyl (C=O) groups excluding carboxylic acids is 2. The Balaban J connectivity index is 1.30. The summed E-state index contributed by atoms with van der Waals surface area (Å²) in [5.41, 5.74) is 6.38. The molecule has 0 bridgehead atoms. The predicted octanol–water partition coefficient (Wildman–Crippen LogP) is 3.89. The van der Waals surface area contributed by atoms with Crippen molar-refractivity contribution in [3.63, 3.8) is 0 Å². The van der Waals surface area contributed by atoms with Gasteiger partial charge in [0.2, 0.25) is 12.2 Å². The van der Waals surface area contributed by atoms with Gasteiger partial charge in [0.1, 0.15) is 0 Å². The quantitative estimate of drug-likeness (QED) is 0.387. The van der Waals surface area contributed by atoms with E-state index in [2.05, 4.69) is 47.8 Å². The molecule has 0 aromatic heterocycles. The van der Waals surface area contributed by atoms with Gasteiger partial charge in [0.15, 0.2) is 5.76 Å². The molecule has 2 unspecified atom stereocenters. The third-order valence-corrected chi connectivity index (χ3v) is 7.49. The molecule has 0 spiro atoms. The number of unbranched alkanes of at least 4 members (excludes halogenated alkanes) is 1. The van der Waals surface area contributed by atoms with Crippen molar-refractivity contribution in [2.24, 2.45) is 0 Å². The van der Waals surface area contributed by atoms with Crippen molar-refractivity contribution < 1.29 is 24.2 Å². The molecule has 2 N–H and O–H groups in total. The maximum Gasteiger partial charge on any atom is 0.286 e. The van der Waals surface area contributed by atoms with Crippen LogP contribution < -0.4 is 5.32 Å². The van der Waals surface area contributed by atoms with Crippen LogP contribution >= 0.6 is 0 Å². The molecule has 37 heavy (non-hydrogen) atoms. The predicted molar refractivity (Wildman–Crippen MR) is 141 cm³/mol. The van der Waals surface area contributed by atoms with E-state index in [0.29, 0.717) is 45.4 Å². The Morgan fingerprint density at radius 1 is 1.11 bits per heavy atom. The number of likely N-dealkylation sites (tertiary alicyclic amines) is 1. The first-order valence-electron chi connectivity index (χ1n) is 13.5. The summed E-state index contributed by atoms with van der Waals surface area (Å²) in [7, 11) is 0. The number of rotatable bonds is 11. The second-order valence-electron chi connectivity index (χ2n) is 10.0. The minimum absolute atomic E-state index is 0.0103. The molecule has 3 aliphatic rings. The third-order valence-electron chi connectivity index (χ3n) is 7.49. The van der Waals surface area contributed by atoms with Gasteiger partial charge in [0.05, 0.1) is 6.61 Å². The van der Waals surface area contributed by atoms with Crippen LogP contribution in [0.15, 0.2) is 54.3 Å². The van der Waals surface area contributed by atoms with E-state index in [1.807, 2.05) is 11.0 Å². The smallest absolute Gasteiger partial charge is 0.286 e. The number of hydrogen-bond donors (Lipinski definition) is 2. The minimum atomic E-state index is -0.531. The van der Waals surface area contributed by atoms with E-state index in [1.54, 1.807) is 0 Å². The van der Waals surface area contributed by atoms with Crippen LogP contribution in [0, 0.1) is 0 Å². The summed E-state index contributed by atoms with van der Waals surface area (Å²) in [6.45, 7) is 2.55. The Kier molecular flexibility index (Phi) is 8.21. The van der Waals surface area contributed by atoms with Crippen LogP contribution in [-0.4, -0.2) is 61.0 Å². The highest BCUT2D eigenvalue weighted by molar-refractivity contribution is 5.91. The summed E-state index contributed by atoms with van der Waals surface area (Å²) in [4.78, 5) is 26.8. The van der Waals surface area contributed by atoms with Crippen molar-refractivity contribution in [1.29, 1.82) is 0 Å². The fourth-order valence-electron chi connectivity index (χ4n) is 5.59. The number of carbonyl (C=O) groups is 2. The molecular formula is C30H36N2O5. The summed E-state index contributed by atoms with van der Waals surface area (Å²) >= 11 is 0. The maximum absolute atomic E-state index is 13.1. The standard InChI is InChI=1S/C30H36N2O5/c33-16-3-4-17-36-29-20-22(24-10-5-11-25-23-9-2-1-8-21(23)18-26(24)25)19-27(37-29)30(35)31-13-7-15-32-14-6-12-28(32)34/h1-2,5,8-11,19,22,29,33H,3-4,6-7,12-18,20H2,(H,31,35). The lowest BCUT2D eigenvalue weighted by Crippen LogP contribution is -2.35. The molecule has 0 radical (unpaired) electrons. The van der Waals surface area contributed by atoms with E-state index >= 15 is 0 Å². The maximum atomic E-state index is 13.1. The zero-order valence-corrected chi connectivity index (χ0v) is 21.3. The molecule has 7 heteroatoms. The van der Waals surface area contributed by atoms with Gasteiger partial charge < -0.3 is 24.8 Å². The van der Waals surface area contributed by atoms with E-state index in [1.165, 1.54) is 27.8 Å². The zero-order chi connectivity index (χ0) is 25.6. The summed E-state index contributed by atoms with van der Waals surface area (Å²) in [6, 6.07) is 14.9. The van der Waals surface area contributed by atoms with Gasteiger partial charge in [0, 0.05) is 45.0 Å². The van der Waals surface area contributed by atoms with Crippen LogP contribution in [0.2, 0.25) is 0 Å². The lowest BCUT2D eigenvalue weighted by molar-refractivity contribution is -0.146. The number of amides is 2. The molecule has 1 fully saturated rings. The molecule has 1 aliphatic carbocycles. The highest BCUT2D eigenvalue weighted by Gasteiger charge is 2.32. The molecule has 2 heterocycles. The van der Waals surface area contributed by atoms with Crippen molar-refractivity contribution in [1.82, 2.24) is 10.2 Å². The fraction of sp³-hybridized carbons (Fsp3) is 0.467. The number of hydrogen-bond acceptors (Lipinski definition) is 5. The molecular weight excluding hydrogens is 468 g/mol. The van der Waals surface area contributed by atoms with E-state index < -0.39 is 6.29 Å². The van der Waals surface area contributed by atoms with Crippen LogP contribution in [0.5, 0.6) is 0 Å². The Labute approximate surface area is 218 Å². The molecule has 2 amide bonds. The van der Waals surface area contributed by atoms with Crippen LogP contribution in [0.25, 0.3) is 11.1 Å². The first-order chi connectivity index (χ1) is 18.1. The van der Waals surface area contributed by atoms with Crippen molar-refractivity contribution in [2.45, 2.75) is 57.2 Å². The van der Waals surface area contributed by atoms with Crippen molar-refractivity contribution >= 4 is 11.8 Å². The molecule has 2 aliphatic heterocycles. The highest BCUT2D eigenvalue weighted by atomic mass is 16.7. The Morgan fingerprint density at radius 3 is 2.81 bits per heavy atom. The number of fused-ring (bicyclic) bond motifs is 3. The second kappa shape index (κ2) is 11.9. The number of ether oxygens (including phenoxy) is 2. The lowest BCUT2D eigenvalue weighted by Gasteiger charge is -2.30. The largest absolute Gasteiger partial charge is 0.459 e. The van der Waals surface area contributed by atoms with E-state index in [0.717, 1.165) is 25.8 Å². The van der Waals surface area contributed by atoms with Gasteiger partial charge in [-0.3, -0.25) is 9.59 Å². The summed E-state index contributed by atoms with van der Waals surface area (Å²) in [6.07, 6.45) is 6.57. The van der Waals surface area contributed by atoms with E-state index in [-0.39, 0.29) is 30.1 Å². The SMILES string of the molecule is O=C(NCCCN1CCCC1=O)C1=CC(c2cccc3c2Cc2ccccc2-3)CC(OCCCCO)O1. The van der Waals surface area contributed by atoms with E-state index in [9.17, 15) is 9.59 Å². The monoisotopic (exact) mass is 504 g/mol.